The second-order valence-electron chi connectivity index (χ2n) is 10.1. The van der Waals surface area contributed by atoms with Gasteiger partial charge in [0, 0.05) is 43.2 Å². The molecule has 1 saturated heterocycles. The van der Waals surface area contributed by atoms with E-state index in [1.807, 2.05) is 0 Å². The first kappa shape index (κ1) is 29.4. The lowest BCUT2D eigenvalue weighted by atomic mass is 9.95. The maximum Gasteiger partial charge on any atom is 0.408 e. The van der Waals surface area contributed by atoms with Gasteiger partial charge in [0.2, 0.25) is 0 Å². The lowest BCUT2D eigenvalue weighted by Gasteiger charge is -2.30. The molecule has 0 amide bonds. The number of rotatable bonds is 6. The molecule has 2 fully saturated rings. The molecular formula is C26H28Cl2F4N6O. The Morgan fingerprint density at radius 3 is 2.54 bits per heavy atom. The third-order valence-electron chi connectivity index (χ3n) is 7.52. The first-order chi connectivity index (χ1) is 17.7. The fourth-order valence-corrected chi connectivity index (χ4v) is 5.49. The van der Waals surface area contributed by atoms with Gasteiger partial charge in [0.05, 0.1) is 12.1 Å². The van der Waals surface area contributed by atoms with Crippen LogP contribution in [0.2, 0.25) is 0 Å². The van der Waals surface area contributed by atoms with Gasteiger partial charge in [-0.3, -0.25) is 9.30 Å². The van der Waals surface area contributed by atoms with Crippen molar-refractivity contribution >= 4 is 41.4 Å². The first-order valence-corrected chi connectivity index (χ1v) is 12.2. The highest BCUT2D eigenvalue weighted by atomic mass is 35.5. The van der Waals surface area contributed by atoms with E-state index in [1.54, 1.807) is 25.3 Å². The quantitative estimate of drug-likeness (QED) is 0.311. The van der Waals surface area contributed by atoms with Crippen LogP contribution in [0, 0.1) is 5.82 Å². The van der Waals surface area contributed by atoms with Gasteiger partial charge in [0.25, 0.3) is 0 Å². The van der Waals surface area contributed by atoms with Crippen LogP contribution in [0.1, 0.15) is 36.4 Å². The summed E-state index contributed by atoms with van der Waals surface area (Å²) in [7, 11) is 1.60. The average Bonchev–Trinajstić information content (AvgIpc) is 3.31. The van der Waals surface area contributed by atoms with E-state index in [0.717, 1.165) is 12.8 Å². The summed E-state index contributed by atoms with van der Waals surface area (Å²) in [5.41, 5.74) is 7.60. The summed E-state index contributed by atoms with van der Waals surface area (Å²) < 4.78 is 64.2. The van der Waals surface area contributed by atoms with Gasteiger partial charge in [0.15, 0.2) is 11.5 Å². The highest BCUT2D eigenvalue weighted by Crippen LogP contribution is 2.50. The fourth-order valence-electron chi connectivity index (χ4n) is 5.49. The van der Waals surface area contributed by atoms with Gasteiger partial charge in [-0.2, -0.15) is 13.2 Å². The van der Waals surface area contributed by atoms with E-state index in [0.29, 0.717) is 46.7 Å². The first-order valence-electron chi connectivity index (χ1n) is 12.2. The molecule has 2 N–H and O–H groups in total. The van der Waals surface area contributed by atoms with Gasteiger partial charge < -0.3 is 10.5 Å². The summed E-state index contributed by atoms with van der Waals surface area (Å²) in [4.78, 5) is 6.07. The van der Waals surface area contributed by atoms with Crippen molar-refractivity contribution in [2.45, 2.75) is 42.9 Å². The zero-order chi connectivity index (χ0) is 25.9. The number of ether oxygens (including phenoxy) is 1. The molecule has 0 bridgehead atoms. The van der Waals surface area contributed by atoms with Gasteiger partial charge in [-0.25, -0.2) is 9.37 Å². The van der Waals surface area contributed by atoms with Crippen LogP contribution in [0.4, 0.5) is 17.6 Å². The zero-order valence-electron chi connectivity index (χ0n) is 21.0. The maximum atomic E-state index is 14.9. The Morgan fingerprint density at radius 2 is 1.90 bits per heavy atom. The van der Waals surface area contributed by atoms with Crippen molar-refractivity contribution in [1.29, 1.82) is 0 Å². The minimum atomic E-state index is -4.48. The molecule has 1 aromatic carbocycles. The monoisotopic (exact) mass is 586 g/mol. The van der Waals surface area contributed by atoms with Crippen molar-refractivity contribution in [3.63, 3.8) is 0 Å². The van der Waals surface area contributed by atoms with Crippen LogP contribution in [-0.2, 0) is 10.2 Å². The third-order valence-corrected chi connectivity index (χ3v) is 7.52. The van der Waals surface area contributed by atoms with Crippen molar-refractivity contribution in [2.75, 3.05) is 26.8 Å². The van der Waals surface area contributed by atoms with Gasteiger partial charge in [0.1, 0.15) is 17.6 Å². The van der Waals surface area contributed by atoms with Crippen LogP contribution in [0.5, 0.6) is 0 Å². The maximum absolute atomic E-state index is 14.9. The number of aromatic nitrogens is 4. The standard InChI is InChI=1S/C26H26F4N6O.2ClH/c1-37-14-25(7-8-25)18-11-21-15(10-19(18)27)2-4-20(32-21)24-34-33-22-5-3-16(12-36(22)24)23(26(28,29)30)35-9-6-17(31)13-35;;/h2-5,10-12,17,23H,6-9,13-14,31H2,1H3;2*1H/t17?,23-;;/m1../s1. The summed E-state index contributed by atoms with van der Waals surface area (Å²) in [6.45, 7) is 0.871. The Kier molecular flexibility index (Phi) is 8.13. The highest BCUT2D eigenvalue weighted by Gasteiger charge is 2.47. The molecule has 4 aromatic rings. The Hall–Kier alpha value is -2.57. The number of nitrogens with zero attached hydrogens (tertiary/aromatic N) is 5. The number of pyridine rings is 2. The van der Waals surface area contributed by atoms with E-state index in [2.05, 4.69) is 10.2 Å². The topological polar surface area (TPSA) is 81.6 Å². The molecule has 2 aliphatic rings. The normalized spacial score (nSPS) is 19.6. The number of nitrogens with two attached hydrogens (primary N) is 1. The second-order valence-corrected chi connectivity index (χ2v) is 10.1. The van der Waals surface area contributed by atoms with Crippen molar-refractivity contribution in [3.8, 4) is 11.5 Å². The Morgan fingerprint density at radius 1 is 1.13 bits per heavy atom. The van der Waals surface area contributed by atoms with Crippen molar-refractivity contribution < 1.29 is 22.3 Å². The van der Waals surface area contributed by atoms with Crippen molar-refractivity contribution in [2.24, 2.45) is 5.73 Å². The lowest BCUT2D eigenvalue weighted by molar-refractivity contribution is -0.183. The summed E-state index contributed by atoms with van der Waals surface area (Å²) in [6, 6.07) is 7.50. The van der Waals surface area contributed by atoms with E-state index >= 15 is 0 Å². The molecule has 1 aliphatic heterocycles. The van der Waals surface area contributed by atoms with Gasteiger partial charge >= 0.3 is 6.18 Å². The molecule has 3 aromatic heterocycles. The highest BCUT2D eigenvalue weighted by molar-refractivity contribution is 5.85. The van der Waals surface area contributed by atoms with Crippen LogP contribution in [0.3, 0.4) is 0 Å². The Bertz CT molecular complexity index is 1490. The number of benzene rings is 1. The molecule has 1 aliphatic carbocycles. The Labute approximate surface area is 234 Å². The molecule has 0 spiro atoms. The summed E-state index contributed by atoms with van der Waals surface area (Å²) in [5.74, 6) is 0.00990. The van der Waals surface area contributed by atoms with E-state index < -0.39 is 12.2 Å². The second kappa shape index (κ2) is 10.8. The molecule has 0 radical (unpaired) electrons. The van der Waals surface area contributed by atoms with E-state index in [-0.39, 0.29) is 60.7 Å². The molecule has 1 saturated carbocycles. The Balaban J connectivity index is 0.00000176. The lowest BCUT2D eigenvalue weighted by Crippen LogP contribution is -2.38. The van der Waals surface area contributed by atoms with Gasteiger partial charge in [-0.1, -0.05) is 12.1 Å². The number of fused-ring (bicyclic) bond motifs is 2. The predicted molar refractivity (Wildman–Crippen MR) is 144 cm³/mol. The molecule has 4 heterocycles. The summed E-state index contributed by atoms with van der Waals surface area (Å²) >= 11 is 0. The van der Waals surface area contributed by atoms with Gasteiger partial charge in [-0.15, -0.1) is 35.0 Å². The van der Waals surface area contributed by atoms with E-state index in [9.17, 15) is 17.6 Å². The number of alkyl halides is 3. The van der Waals surface area contributed by atoms with E-state index in [4.69, 9.17) is 15.5 Å². The molecule has 210 valence electrons. The molecule has 1 unspecified atom stereocenters. The number of hydrogen-bond donors (Lipinski definition) is 1. The number of methoxy groups -OCH3 is 1. The molecule has 7 nitrogen and oxygen atoms in total. The number of likely N-dealkylation sites (tertiary alicyclic amines) is 1. The van der Waals surface area contributed by atoms with Crippen LogP contribution in [-0.4, -0.2) is 63.5 Å². The van der Waals surface area contributed by atoms with Crippen LogP contribution >= 0.6 is 24.8 Å². The van der Waals surface area contributed by atoms with Crippen LogP contribution < -0.4 is 5.73 Å². The number of hydrogen-bond acceptors (Lipinski definition) is 6. The third kappa shape index (κ3) is 5.30. The van der Waals surface area contributed by atoms with Gasteiger partial charge in [-0.05, 0) is 54.7 Å². The zero-order valence-corrected chi connectivity index (χ0v) is 22.6. The SMILES string of the molecule is COCC1(c2cc3nc(-c4nnc5ccc([C@@H](N6CCC(N)C6)C(F)(F)F)cn45)ccc3cc2F)CC1.Cl.Cl. The van der Waals surface area contributed by atoms with Crippen LogP contribution in [0.25, 0.3) is 28.1 Å². The van der Waals surface area contributed by atoms with Crippen molar-refractivity contribution in [3.05, 3.63) is 59.5 Å². The minimum absolute atomic E-state index is 0. The molecular weight excluding hydrogens is 559 g/mol. The minimum Gasteiger partial charge on any atom is -0.384 e. The largest absolute Gasteiger partial charge is 0.408 e. The number of halogens is 6. The summed E-state index contributed by atoms with van der Waals surface area (Å²) in [5, 5.41) is 8.97. The average molecular weight is 587 g/mol. The molecule has 39 heavy (non-hydrogen) atoms. The smallest absolute Gasteiger partial charge is 0.384 e. The van der Waals surface area contributed by atoms with Crippen LogP contribution in [0.15, 0.2) is 42.6 Å². The predicted octanol–water partition coefficient (Wildman–Crippen LogP) is 5.24. The van der Waals surface area contributed by atoms with E-state index in [1.165, 1.54) is 33.7 Å². The van der Waals surface area contributed by atoms with Crippen molar-refractivity contribution in [1.82, 2.24) is 24.5 Å². The molecule has 2 atom stereocenters. The molecule has 6 rings (SSSR count). The fraction of sp³-hybridized carbons (Fsp3) is 0.423. The molecule has 13 heteroatoms. The summed E-state index contributed by atoms with van der Waals surface area (Å²) in [6.07, 6.45) is -0.866.